The van der Waals surface area contributed by atoms with Crippen molar-refractivity contribution in [2.24, 2.45) is 17.6 Å². The van der Waals surface area contributed by atoms with E-state index in [1.807, 2.05) is 4.90 Å². The first-order chi connectivity index (χ1) is 18.2. The van der Waals surface area contributed by atoms with Crippen molar-refractivity contribution in [1.82, 2.24) is 9.80 Å². The van der Waals surface area contributed by atoms with E-state index in [-0.39, 0.29) is 0 Å². The zero-order valence-corrected chi connectivity index (χ0v) is 25.3. The van der Waals surface area contributed by atoms with Gasteiger partial charge in [0, 0.05) is 25.7 Å². The number of rotatable bonds is 14. The van der Waals surface area contributed by atoms with Gasteiger partial charge in [-0.2, -0.15) is 0 Å². The maximum absolute atomic E-state index is 10.7. The predicted octanol–water partition coefficient (Wildman–Crippen LogP) is 6.51. The zero-order chi connectivity index (χ0) is 28.1. The molecule has 2 heterocycles. The van der Waals surface area contributed by atoms with Crippen LogP contribution in [0.4, 0.5) is 0 Å². The molecule has 6 nitrogen and oxygen atoms in total. The maximum atomic E-state index is 10.7. The number of likely N-dealkylation sites (tertiary alicyclic amines) is 1. The molecule has 0 aromatic heterocycles. The first kappa shape index (κ1) is 32.2. The van der Waals surface area contributed by atoms with Crippen LogP contribution in [0.15, 0.2) is 23.8 Å². The Labute approximate surface area is 232 Å². The van der Waals surface area contributed by atoms with Crippen molar-refractivity contribution in [3.05, 3.63) is 34.9 Å². The SMILES string of the molecule is CCCCN(C=O)CCCC(C)CN.CCN1CC(c2cc(C)c3c(c2)OCO3)CC1CC(C)C=C(C)C. The highest BCUT2D eigenvalue weighted by atomic mass is 16.7. The van der Waals surface area contributed by atoms with Gasteiger partial charge in [0.2, 0.25) is 13.2 Å². The third kappa shape index (κ3) is 10.3. The van der Waals surface area contributed by atoms with Gasteiger partial charge in [-0.05, 0) is 101 Å². The Balaban J connectivity index is 0.000000312. The van der Waals surface area contributed by atoms with Crippen molar-refractivity contribution in [2.75, 3.05) is 39.5 Å². The van der Waals surface area contributed by atoms with Crippen LogP contribution in [0.25, 0.3) is 0 Å². The number of benzene rings is 1. The Morgan fingerprint density at radius 1 is 1.18 bits per heavy atom. The molecule has 6 heteroatoms. The molecule has 2 aliphatic rings. The highest BCUT2D eigenvalue weighted by Gasteiger charge is 2.33. The summed E-state index contributed by atoms with van der Waals surface area (Å²) in [5.74, 6) is 3.68. The van der Waals surface area contributed by atoms with Crippen molar-refractivity contribution in [3.63, 3.8) is 0 Å². The Kier molecular flexibility index (Phi) is 14.2. The number of likely N-dealkylation sites (N-methyl/N-ethyl adjacent to an activating group) is 1. The van der Waals surface area contributed by atoms with Crippen LogP contribution >= 0.6 is 0 Å². The standard InChI is InChI=1S/C21H31NO2.C11H24N2O/c1-6-22-12-18(10-19(22)8-15(4)7-14(2)3)17-9-16(5)21-20(11-17)23-13-24-21;1-3-4-7-13(10-14)8-5-6-11(2)9-12/h7,9,11,15,18-19H,6,8,10,12-13H2,1-5H3;10-11H,3-9,12H2,1-2H3. The second-order valence-corrected chi connectivity index (χ2v) is 11.7. The quantitative estimate of drug-likeness (QED) is 0.220. The van der Waals surface area contributed by atoms with Gasteiger partial charge in [-0.15, -0.1) is 0 Å². The number of nitrogens with two attached hydrogens (primary N) is 1. The summed E-state index contributed by atoms with van der Waals surface area (Å²) < 4.78 is 11.2. The van der Waals surface area contributed by atoms with E-state index in [1.54, 1.807) is 0 Å². The molecule has 0 saturated carbocycles. The first-order valence-corrected chi connectivity index (χ1v) is 14.9. The number of ether oxygens (including phenoxy) is 2. The second kappa shape index (κ2) is 16.8. The summed E-state index contributed by atoms with van der Waals surface area (Å²) in [6.07, 6.45) is 10.3. The molecule has 4 unspecified atom stereocenters. The van der Waals surface area contributed by atoms with Crippen LogP contribution in [0.5, 0.6) is 11.5 Å². The summed E-state index contributed by atoms with van der Waals surface area (Å²) >= 11 is 0. The fourth-order valence-corrected chi connectivity index (χ4v) is 5.71. The fourth-order valence-electron chi connectivity index (χ4n) is 5.71. The number of carbonyl (C=O) groups is 1. The van der Waals surface area contributed by atoms with Gasteiger partial charge >= 0.3 is 0 Å². The Hall–Kier alpha value is -2.05. The van der Waals surface area contributed by atoms with Crippen LogP contribution in [-0.2, 0) is 4.79 Å². The summed E-state index contributed by atoms with van der Waals surface area (Å²) in [4.78, 5) is 15.2. The number of aryl methyl sites for hydroxylation is 1. The highest BCUT2D eigenvalue weighted by molar-refractivity contribution is 5.51. The van der Waals surface area contributed by atoms with Gasteiger partial charge in [0.1, 0.15) is 0 Å². The molecule has 38 heavy (non-hydrogen) atoms. The van der Waals surface area contributed by atoms with Crippen molar-refractivity contribution in [2.45, 2.75) is 99.0 Å². The van der Waals surface area contributed by atoms with Crippen LogP contribution in [-0.4, -0.2) is 61.8 Å². The monoisotopic (exact) mass is 529 g/mol. The average Bonchev–Trinajstić information content (AvgIpc) is 3.53. The van der Waals surface area contributed by atoms with Gasteiger partial charge in [0.05, 0.1) is 0 Å². The van der Waals surface area contributed by atoms with Gasteiger partial charge in [-0.1, -0.05) is 51.8 Å². The molecule has 0 spiro atoms. The van der Waals surface area contributed by atoms with Gasteiger partial charge < -0.3 is 25.0 Å². The Morgan fingerprint density at radius 2 is 1.92 bits per heavy atom. The highest BCUT2D eigenvalue weighted by Crippen LogP contribution is 2.41. The minimum Gasteiger partial charge on any atom is -0.454 e. The number of hydrogen-bond acceptors (Lipinski definition) is 5. The number of nitrogens with zero attached hydrogens (tertiary/aromatic N) is 2. The lowest BCUT2D eigenvalue weighted by atomic mass is 9.91. The molecule has 3 rings (SSSR count). The Bertz CT molecular complexity index is 868. The number of amides is 1. The van der Waals surface area contributed by atoms with Crippen LogP contribution in [0, 0.1) is 18.8 Å². The predicted molar refractivity (Wildman–Crippen MR) is 159 cm³/mol. The van der Waals surface area contributed by atoms with Crippen molar-refractivity contribution in [3.8, 4) is 11.5 Å². The minimum atomic E-state index is 0.355. The zero-order valence-electron chi connectivity index (χ0n) is 25.3. The van der Waals surface area contributed by atoms with E-state index in [0.29, 0.717) is 30.6 Å². The normalized spacial score (nSPS) is 19.9. The summed E-state index contributed by atoms with van der Waals surface area (Å²) in [7, 11) is 0. The summed E-state index contributed by atoms with van der Waals surface area (Å²) in [5.41, 5.74) is 9.55. The topological polar surface area (TPSA) is 68.0 Å². The van der Waals surface area contributed by atoms with E-state index < -0.39 is 0 Å². The third-order valence-corrected chi connectivity index (χ3v) is 7.84. The molecule has 1 amide bonds. The van der Waals surface area contributed by atoms with Crippen LogP contribution < -0.4 is 15.2 Å². The summed E-state index contributed by atoms with van der Waals surface area (Å²) in [6, 6.07) is 5.18. The molecule has 0 radical (unpaired) electrons. The Morgan fingerprint density at radius 3 is 2.55 bits per heavy atom. The van der Waals surface area contributed by atoms with Crippen LogP contribution in [0.2, 0.25) is 0 Å². The van der Waals surface area contributed by atoms with E-state index in [9.17, 15) is 4.79 Å². The smallest absolute Gasteiger partial charge is 0.231 e. The van der Waals surface area contributed by atoms with Gasteiger partial charge in [0.15, 0.2) is 11.5 Å². The number of allylic oxidation sites excluding steroid dienone is 2. The van der Waals surface area contributed by atoms with E-state index in [1.165, 1.54) is 29.5 Å². The molecule has 2 N–H and O–H groups in total. The van der Waals surface area contributed by atoms with Crippen LogP contribution in [0.3, 0.4) is 0 Å². The molecule has 1 saturated heterocycles. The van der Waals surface area contributed by atoms with E-state index in [2.05, 4.69) is 71.6 Å². The van der Waals surface area contributed by atoms with Crippen molar-refractivity contribution in [1.29, 1.82) is 0 Å². The first-order valence-electron chi connectivity index (χ1n) is 14.9. The molecule has 0 aliphatic carbocycles. The molecule has 216 valence electrons. The second-order valence-electron chi connectivity index (χ2n) is 11.7. The van der Waals surface area contributed by atoms with Gasteiger partial charge in [0.25, 0.3) is 0 Å². The average molecular weight is 530 g/mol. The summed E-state index contributed by atoms with van der Waals surface area (Å²) in [6.45, 7) is 20.6. The summed E-state index contributed by atoms with van der Waals surface area (Å²) in [5, 5.41) is 0. The van der Waals surface area contributed by atoms with Crippen LogP contribution in [0.1, 0.15) is 97.1 Å². The van der Waals surface area contributed by atoms with Gasteiger partial charge in [-0.25, -0.2) is 0 Å². The molecule has 1 aromatic carbocycles. The van der Waals surface area contributed by atoms with Crippen molar-refractivity contribution >= 4 is 6.41 Å². The largest absolute Gasteiger partial charge is 0.454 e. The maximum Gasteiger partial charge on any atom is 0.231 e. The molecule has 2 aliphatic heterocycles. The number of fused-ring (bicyclic) bond motifs is 1. The lowest BCUT2D eigenvalue weighted by Crippen LogP contribution is -2.30. The number of hydrogen-bond donors (Lipinski definition) is 1. The molecular formula is C32H55N3O3. The molecule has 1 fully saturated rings. The fraction of sp³-hybridized carbons (Fsp3) is 0.719. The lowest BCUT2D eigenvalue weighted by molar-refractivity contribution is -0.118. The third-order valence-electron chi connectivity index (χ3n) is 7.84. The minimum absolute atomic E-state index is 0.355. The van der Waals surface area contributed by atoms with E-state index >= 15 is 0 Å². The van der Waals surface area contributed by atoms with Crippen molar-refractivity contribution < 1.29 is 14.3 Å². The molecule has 0 bridgehead atoms. The lowest BCUT2D eigenvalue weighted by Gasteiger charge is -2.24. The van der Waals surface area contributed by atoms with E-state index in [4.69, 9.17) is 15.2 Å². The van der Waals surface area contributed by atoms with Gasteiger partial charge in [-0.3, -0.25) is 4.79 Å². The van der Waals surface area contributed by atoms with E-state index in [0.717, 1.165) is 76.3 Å². The molecular weight excluding hydrogens is 474 g/mol. The number of unbranched alkanes of at least 4 members (excludes halogenated alkanes) is 1. The number of carbonyl (C=O) groups excluding carboxylic acids is 1. The molecule has 4 atom stereocenters. The molecule has 1 aromatic rings.